The van der Waals surface area contributed by atoms with E-state index in [1.54, 1.807) is 19.2 Å². The molecule has 0 bridgehead atoms. The molecule has 1 saturated heterocycles. The van der Waals surface area contributed by atoms with Gasteiger partial charge in [0, 0.05) is 35.2 Å². The Morgan fingerprint density at radius 2 is 1.94 bits per heavy atom. The number of aromatic carboxylic acids is 1. The molecular weight excluding hydrogens is 388 g/mol. The number of rotatable bonds is 6. The van der Waals surface area contributed by atoms with Crippen molar-refractivity contribution in [2.45, 2.75) is 45.2 Å². The number of methoxy groups -OCH3 is 1. The Kier molecular flexibility index (Phi) is 5.22. The number of carboxylic acid groups (broad SMARTS) is 1. The first-order chi connectivity index (χ1) is 15.0. The number of fused-ring (bicyclic) bond motifs is 1. The largest absolute Gasteiger partial charge is 0.496 e. The van der Waals surface area contributed by atoms with Crippen LogP contribution < -0.4 is 4.74 Å². The first kappa shape index (κ1) is 20.1. The molecular formula is C26H30N2O3. The van der Waals surface area contributed by atoms with Gasteiger partial charge in [-0.2, -0.15) is 0 Å². The van der Waals surface area contributed by atoms with Crippen LogP contribution in [0.1, 0.15) is 58.8 Å². The first-order valence-corrected chi connectivity index (χ1v) is 11.3. The van der Waals surface area contributed by atoms with E-state index in [0.29, 0.717) is 11.6 Å². The van der Waals surface area contributed by atoms with E-state index in [4.69, 9.17) is 4.74 Å². The van der Waals surface area contributed by atoms with Crippen LogP contribution >= 0.6 is 0 Å². The van der Waals surface area contributed by atoms with Crippen LogP contribution in [-0.4, -0.2) is 34.6 Å². The summed E-state index contributed by atoms with van der Waals surface area (Å²) in [5, 5.41) is 10.5. The summed E-state index contributed by atoms with van der Waals surface area (Å²) < 4.78 is 5.79. The third-order valence-electron chi connectivity index (χ3n) is 7.28. The molecule has 2 aliphatic rings. The maximum atomic E-state index is 11.3. The van der Waals surface area contributed by atoms with Gasteiger partial charge in [-0.1, -0.05) is 12.1 Å². The predicted octanol–water partition coefficient (Wildman–Crippen LogP) is 5.55. The molecule has 1 aliphatic heterocycles. The number of nitrogens with one attached hydrogen (secondary N) is 1. The van der Waals surface area contributed by atoms with Crippen molar-refractivity contribution in [3.63, 3.8) is 0 Å². The van der Waals surface area contributed by atoms with E-state index >= 15 is 0 Å². The molecule has 2 aromatic carbocycles. The van der Waals surface area contributed by atoms with Gasteiger partial charge in [0.25, 0.3) is 0 Å². The van der Waals surface area contributed by atoms with Crippen molar-refractivity contribution in [1.82, 2.24) is 9.88 Å². The molecule has 5 nitrogen and oxygen atoms in total. The maximum Gasteiger partial charge on any atom is 0.335 e. The van der Waals surface area contributed by atoms with Gasteiger partial charge >= 0.3 is 5.97 Å². The Balaban J connectivity index is 1.49. The molecule has 0 amide bonds. The minimum Gasteiger partial charge on any atom is -0.496 e. The Labute approximate surface area is 183 Å². The van der Waals surface area contributed by atoms with Crippen LogP contribution in [0.25, 0.3) is 10.9 Å². The molecule has 2 heterocycles. The van der Waals surface area contributed by atoms with E-state index in [0.717, 1.165) is 37.1 Å². The van der Waals surface area contributed by atoms with Crippen molar-refractivity contribution in [2.24, 2.45) is 11.8 Å². The summed E-state index contributed by atoms with van der Waals surface area (Å²) >= 11 is 0. The van der Waals surface area contributed by atoms with E-state index < -0.39 is 5.97 Å². The number of aryl methyl sites for hydroxylation is 1. The van der Waals surface area contributed by atoms with Crippen LogP contribution in [0, 0.1) is 18.8 Å². The lowest BCUT2D eigenvalue weighted by molar-refractivity contribution is 0.0696. The van der Waals surface area contributed by atoms with E-state index in [1.165, 1.54) is 46.9 Å². The highest BCUT2D eigenvalue weighted by atomic mass is 16.5. The number of aromatic nitrogens is 1. The second kappa shape index (κ2) is 8.04. The first-order valence-electron chi connectivity index (χ1n) is 11.3. The fraction of sp³-hybridized carbons (Fsp3) is 0.423. The predicted molar refractivity (Wildman–Crippen MR) is 122 cm³/mol. The van der Waals surface area contributed by atoms with Gasteiger partial charge in [-0.25, -0.2) is 4.79 Å². The number of piperidine rings is 1. The smallest absolute Gasteiger partial charge is 0.335 e. The van der Waals surface area contributed by atoms with E-state index in [9.17, 15) is 9.90 Å². The van der Waals surface area contributed by atoms with Gasteiger partial charge in [-0.15, -0.1) is 0 Å². The number of hydrogen-bond acceptors (Lipinski definition) is 3. The van der Waals surface area contributed by atoms with Crippen molar-refractivity contribution in [3.05, 3.63) is 64.8 Å². The molecule has 1 unspecified atom stereocenters. The van der Waals surface area contributed by atoms with Gasteiger partial charge in [0.1, 0.15) is 5.75 Å². The van der Waals surface area contributed by atoms with Crippen molar-refractivity contribution >= 4 is 16.9 Å². The monoisotopic (exact) mass is 418 g/mol. The minimum atomic E-state index is -0.873. The summed E-state index contributed by atoms with van der Waals surface area (Å²) in [6, 6.07) is 12.1. The molecule has 0 spiro atoms. The summed E-state index contributed by atoms with van der Waals surface area (Å²) in [7, 11) is 1.75. The Bertz CT molecular complexity index is 1100. The number of ether oxygens (including phenoxy) is 1. The molecule has 1 aromatic heterocycles. The lowest BCUT2D eigenvalue weighted by Gasteiger charge is -2.40. The van der Waals surface area contributed by atoms with Crippen LogP contribution in [0.15, 0.2) is 42.6 Å². The molecule has 2 atom stereocenters. The highest BCUT2D eigenvalue weighted by molar-refractivity contribution is 5.88. The van der Waals surface area contributed by atoms with Crippen LogP contribution in [0.3, 0.4) is 0 Å². The van der Waals surface area contributed by atoms with Gasteiger partial charge in [0.15, 0.2) is 0 Å². The van der Waals surface area contributed by atoms with Crippen molar-refractivity contribution in [2.75, 3.05) is 13.7 Å². The standard InChI is InChI=1S/C26H30N2O3/c1-16-13-24(31-2)22(21-9-11-27-25(16)21)15-28-12-10-20(17-3-4-17)14-23(28)18-5-7-19(8-6-18)26(29)30/h5-9,11,13,17,20,23,27H,3-4,10,12,14-15H2,1-2H3,(H,29,30)/t20-,23?/m0/s1. The topological polar surface area (TPSA) is 65.6 Å². The number of benzene rings is 2. The van der Waals surface area contributed by atoms with Crippen LogP contribution in [0.2, 0.25) is 0 Å². The van der Waals surface area contributed by atoms with Gasteiger partial charge in [0.2, 0.25) is 0 Å². The Morgan fingerprint density at radius 3 is 2.61 bits per heavy atom. The lowest BCUT2D eigenvalue weighted by Crippen LogP contribution is -2.37. The normalized spacial score (nSPS) is 22.0. The number of H-pyrrole nitrogens is 1. The molecule has 3 aromatic rings. The van der Waals surface area contributed by atoms with Gasteiger partial charge in [-0.05, 0) is 86.4 Å². The van der Waals surface area contributed by atoms with Crippen LogP contribution in [-0.2, 0) is 6.54 Å². The Morgan fingerprint density at radius 1 is 1.16 bits per heavy atom. The molecule has 31 heavy (non-hydrogen) atoms. The number of hydrogen-bond donors (Lipinski definition) is 2. The molecule has 2 N–H and O–H groups in total. The summed E-state index contributed by atoms with van der Waals surface area (Å²) in [6.45, 7) is 3.98. The molecule has 162 valence electrons. The fourth-order valence-electron chi connectivity index (χ4n) is 5.41. The summed E-state index contributed by atoms with van der Waals surface area (Å²) in [4.78, 5) is 17.3. The van der Waals surface area contributed by atoms with Crippen molar-refractivity contribution in [3.8, 4) is 5.75 Å². The average Bonchev–Trinajstić information content (AvgIpc) is 3.51. The van der Waals surface area contributed by atoms with Gasteiger partial charge < -0.3 is 14.8 Å². The van der Waals surface area contributed by atoms with Crippen molar-refractivity contribution in [1.29, 1.82) is 0 Å². The zero-order valence-corrected chi connectivity index (χ0v) is 18.2. The maximum absolute atomic E-state index is 11.3. The molecule has 5 heteroatoms. The van der Waals surface area contributed by atoms with Crippen molar-refractivity contribution < 1.29 is 14.6 Å². The zero-order chi connectivity index (χ0) is 21.5. The lowest BCUT2D eigenvalue weighted by atomic mass is 9.83. The third-order valence-corrected chi connectivity index (χ3v) is 7.28. The third kappa shape index (κ3) is 3.83. The quantitative estimate of drug-likeness (QED) is 0.551. The fourth-order valence-corrected chi connectivity index (χ4v) is 5.41. The number of carboxylic acids is 1. The van der Waals surface area contributed by atoms with Gasteiger partial charge in [-0.3, -0.25) is 4.90 Å². The number of nitrogens with zero attached hydrogens (tertiary/aromatic N) is 1. The number of aromatic amines is 1. The van der Waals surface area contributed by atoms with E-state index in [-0.39, 0.29) is 0 Å². The second-order valence-corrected chi connectivity index (χ2v) is 9.18. The molecule has 0 radical (unpaired) electrons. The summed E-state index contributed by atoms with van der Waals surface area (Å²) in [6.07, 6.45) is 7.11. The van der Waals surface area contributed by atoms with Gasteiger partial charge in [0.05, 0.1) is 12.7 Å². The highest BCUT2D eigenvalue weighted by Gasteiger charge is 2.38. The summed E-state index contributed by atoms with van der Waals surface area (Å²) in [5.41, 5.74) is 5.15. The minimum absolute atomic E-state index is 0.294. The van der Waals surface area contributed by atoms with E-state index in [2.05, 4.69) is 28.9 Å². The van der Waals surface area contributed by atoms with Crippen LogP contribution in [0.4, 0.5) is 0 Å². The molecule has 2 fully saturated rings. The average molecular weight is 419 g/mol. The second-order valence-electron chi connectivity index (χ2n) is 9.18. The molecule has 1 saturated carbocycles. The highest BCUT2D eigenvalue weighted by Crippen LogP contribution is 2.47. The van der Waals surface area contributed by atoms with Crippen LogP contribution in [0.5, 0.6) is 5.75 Å². The molecule has 5 rings (SSSR count). The number of carbonyl (C=O) groups is 1. The SMILES string of the molecule is COc1cc(C)c2[nH]ccc2c1CN1CC[C@H](C2CC2)CC1c1ccc(C(=O)O)cc1. The zero-order valence-electron chi connectivity index (χ0n) is 18.2. The summed E-state index contributed by atoms with van der Waals surface area (Å²) in [5.74, 6) is 1.72. The van der Waals surface area contributed by atoms with E-state index in [1.807, 2.05) is 18.3 Å². The Hall–Kier alpha value is -2.79. The number of likely N-dealkylation sites (tertiary alicyclic amines) is 1. The molecule has 1 aliphatic carbocycles.